The topological polar surface area (TPSA) is 63.4 Å². The van der Waals surface area contributed by atoms with E-state index < -0.39 is 0 Å². The van der Waals surface area contributed by atoms with Gasteiger partial charge in [0, 0.05) is 16.1 Å². The van der Waals surface area contributed by atoms with Crippen LogP contribution in [0, 0.1) is 22.0 Å². The molecule has 3 atom stereocenters. The van der Waals surface area contributed by atoms with Gasteiger partial charge in [0.1, 0.15) is 0 Å². The molecule has 1 N–H and O–H groups in total. The van der Waals surface area contributed by atoms with Crippen LogP contribution in [-0.4, -0.2) is 16.1 Å². The smallest absolute Gasteiger partial charge is 0.273 e. The third-order valence-corrected chi connectivity index (χ3v) is 4.85. The van der Waals surface area contributed by atoms with Crippen LogP contribution in [0.5, 0.6) is 0 Å². The zero-order chi connectivity index (χ0) is 14.7. The fourth-order valence-corrected chi connectivity index (χ4v) is 3.45. The van der Waals surface area contributed by atoms with Crippen molar-refractivity contribution in [1.82, 2.24) is 0 Å². The van der Waals surface area contributed by atoms with Crippen molar-refractivity contribution in [2.75, 3.05) is 0 Å². The molecule has 20 heavy (non-hydrogen) atoms. The maximum absolute atomic E-state index is 11.1. The number of benzene rings is 1. The van der Waals surface area contributed by atoms with Gasteiger partial charge in [0.05, 0.1) is 11.0 Å². The highest BCUT2D eigenvalue weighted by molar-refractivity contribution is 9.10. The summed E-state index contributed by atoms with van der Waals surface area (Å²) in [4.78, 5) is 10.8. The summed E-state index contributed by atoms with van der Waals surface area (Å²) in [6, 6.07) is 5.17. The van der Waals surface area contributed by atoms with E-state index in [-0.39, 0.29) is 22.6 Å². The van der Waals surface area contributed by atoms with Crippen molar-refractivity contribution in [3.8, 4) is 0 Å². The van der Waals surface area contributed by atoms with Gasteiger partial charge in [-0.1, -0.05) is 35.3 Å². The molecule has 0 heterocycles. The molecule has 3 unspecified atom stereocenters. The molecule has 1 aromatic rings. The molecule has 1 aliphatic rings. The second-order valence-electron chi connectivity index (χ2n) is 5.65. The number of rotatable bonds is 4. The van der Waals surface area contributed by atoms with Crippen LogP contribution in [-0.2, 0) is 6.42 Å². The zero-order valence-electron chi connectivity index (χ0n) is 11.6. The molecule has 0 bridgehead atoms. The zero-order valence-corrected chi connectivity index (χ0v) is 13.2. The van der Waals surface area contributed by atoms with Gasteiger partial charge in [0.15, 0.2) is 0 Å². The normalized spacial score (nSPS) is 26.4. The van der Waals surface area contributed by atoms with E-state index in [1.165, 1.54) is 0 Å². The van der Waals surface area contributed by atoms with Gasteiger partial charge in [-0.25, -0.2) is 0 Å². The van der Waals surface area contributed by atoms with Gasteiger partial charge in [-0.05, 0) is 43.6 Å². The molecule has 0 spiro atoms. The summed E-state index contributed by atoms with van der Waals surface area (Å²) >= 11 is 3.27. The summed E-state index contributed by atoms with van der Waals surface area (Å²) in [5, 5.41) is 21.3. The molecule has 0 amide bonds. The summed E-state index contributed by atoms with van der Waals surface area (Å²) in [5.74, 6) is 0.770. The molecule has 0 aromatic heterocycles. The van der Waals surface area contributed by atoms with Crippen LogP contribution in [0.4, 0.5) is 5.69 Å². The van der Waals surface area contributed by atoms with Crippen molar-refractivity contribution in [3.05, 3.63) is 38.3 Å². The van der Waals surface area contributed by atoms with E-state index in [4.69, 9.17) is 0 Å². The Labute approximate surface area is 127 Å². The number of halogens is 1. The first-order chi connectivity index (χ1) is 9.51. The third kappa shape index (κ3) is 3.58. The lowest BCUT2D eigenvalue weighted by molar-refractivity contribution is -0.385. The summed E-state index contributed by atoms with van der Waals surface area (Å²) in [6.45, 7) is 2.17. The Bertz CT molecular complexity index is 492. The highest BCUT2D eigenvalue weighted by atomic mass is 79.9. The van der Waals surface area contributed by atoms with Gasteiger partial charge in [-0.15, -0.1) is 0 Å². The van der Waals surface area contributed by atoms with E-state index in [0.717, 1.165) is 31.2 Å². The van der Waals surface area contributed by atoms with Gasteiger partial charge in [-0.2, -0.15) is 0 Å². The van der Waals surface area contributed by atoms with Crippen LogP contribution >= 0.6 is 15.9 Å². The molecule has 1 aromatic carbocycles. The monoisotopic (exact) mass is 341 g/mol. The number of hydrogen-bond acceptors (Lipinski definition) is 3. The van der Waals surface area contributed by atoms with Crippen molar-refractivity contribution in [2.45, 2.75) is 45.1 Å². The molecule has 2 rings (SSSR count). The summed E-state index contributed by atoms with van der Waals surface area (Å²) < 4.78 is 0.712. The van der Waals surface area contributed by atoms with Gasteiger partial charge in [0.2, 0.25) is 0 Å². The molecule has 5 heteroatoms. The Balaban J connectivity index is 2.18. The van der Waals surface area contributed by atoms with Crippen molar-refractivity contribution in [3.63, 3.8) is 0 Å². The predicted molar refractivity (Wildman–Crippen MR) is 81.6 cm³/mol. The average molecular weight is 342 g/mol. The van der Waals surface area contributed by atoms with Crippen LogP contribution < -0.4 is 0 Å². The van der Waals surface area contributed by atoms with Crippen LogP contribution in [0.1, 0.15) is 38.2 Å². The molecule has 0 aliphatic heterocycles. The molecule has 1 fully saturated rings. The first kappa shape index (κ1) is 15.4. The van der Waals surface area contributed by atoms with Crippen molar-refractivity contribution in [2.24, 2.45) is 11.8 Å². The maximum Gasteiger partial charge on any atom is 0.273 e. The highest BCUT2D eigenvalue weighted by Crippen LogP contribution is 2.35. The number of nitrogens with zero attached hydrogens (tertiary/aromatic N) is 1. The van der Waals surface area contributed by atoms with Crippen LogP contribution in [0.3, 0.4) is 0 Å². The number of nitro benzene ring substituents is 1. The Hall–Kier alpha value is -0.940. The Morgan fingerprint density at radius 2 is 2.20 bits per heavy atom. The average Bonchev–Trinajstić information content (AvgIpc) is 2.42. The quantitative estimate of drug-likeness (QED) is 0.662. The van der Waals surface area contributed by atoms with E-state index in [0.29, 0.717) is 16.8 Å². The number of aliphatic hydroxyl groups is 1. The summed E-state index contributed by atoms with van der Waals surface area (Å²) in [7, 11) is 0. The van der Waals surface area contributed by atoms with E-state index in [1.807, 2.05) is 6.07 Å². The highest BCUT2D eigenvalue weighted by Gasteiger charge is 2.30. The molecule has 110 valence electrons. The van der Waals surface area contributed by atoms with Crippen molar-refractivity contribution >= 4 is 21.6 Å². The number of nitro groups is 1. The van der Waals surface area contributed by atoms with Crippen LogP contribution in [0.25, 0.3) is 0 Å². The lowest BCUT2D eigenvalue weighted by atomic mass is 9.75. The lowest BCUT2D eigenvalue weighted by Gasteiger charge is -2.33. The number of hydrogen-bond donors (Lipinski definition) is 1. The second kappa shape index (κ2) is 6.68. The summed E-state index contributed by atoms with van der Waals surface area (Å²) in [5.41, 5.74) is 0.865. The van der Waals surface area contributed by atoms with E-state index in [1.54, 1.807) is 12.1 Å². The third-order valence-electron chi connectivity index (χ3n) is 4.35. The first-order valence-corrected chi connectivity index (χ1v) is 7.91. The van der Waals surface area contributed by atoms with E-state index in [2.05, 4.69) is 22.9 Å². The number of aliphatic hydroxyl groups excluding tert-OH is 1. The standard InChI is InChI=1S/C15H20BrNO3/c1-2-10-3-6-15(18)12(7-10)8-11-4-5-13(16)9-14(11)17(19)20/h4-5,9-10,12,15,18H,2-3,6-8H2,1H3. The van der Waals surface area contributed by atoms with Crippen LogP contribution in [0.15, 0.2) is 22.7 Å². The Morgan fingerprint density at radius 3 is 2.85 bits per heavy atom. The van der Waals surface area contributed by atoms with Crippen LogP contribution in [0.2, 0.25) is 0 Å². The minimum atomic E-state index is -0.341. The molecule has 0 saturated heterocycles. The van der Waals surface area contributed by atoms with Gasteiger partial charge < -0.3 is 5.11 Å². The minimum Gasteiger partial charge on any atom is -0.393 e. The van der Waals surface area contributed by atoms with Crippen molar-refractivity contribution < 1.29 is 10.0 Å². The van der Waals surface area contributed by atoms with Gasteiger partial charge in [0.25, 0.3) is 5.69 Å². The molecular weight excluding hydrogens is 322 g/mol. The molecular formula is C15H20BrNO3. The second-order valence-corrected chi connectivity index (χ2v) is 6.56. The Kier molecular flexibility index (Phi) is 5.16. The van der Waals surface area contributed by atoms with E-state index >= 15 is 0 Å². The van der Waals surface area contributed by atoms with E-state index in [9.17, 15) is 15.2 Å². The largest absolute Gasteiger partial charge is 0.393 e. The lowest BCUT2D eigenvalue weighted by Crippen LogP contribution is -2.30. The summed E-state index contributed by atoms with van der Waals surface area (Å²) in [6.07, 6.45) is 4.21. The predicted octanol–water partition coefficient (Wildman–Crippen LogP) is 4.09. The molecule has 1 saturated carbocycles. The Morgan fingerprint density at radius 1 is 1.45 bits per heavy atom. The first-order valence-electron chi connectivity index (χ1n) is 7.12. The molecule has 1 aliphatic carbocycles. The SMILES string of the molecule is CCC1CCC(O)C(Cc2ccc(Br)cc2[N+](=O)[O-])C1. The van der Waals surface area contributed by atoms with Crippen molar-refractivity contribution in [1.29, 1.82) is 0 Å². The minimum absolute atomic E-state index is 0.133. The molecule has 0 radical (unpaired) electrons. The molecule has 4 nitrogen and oxygen atoms in total. The van der Waals surface area contributed by atoms with Gasteiger partial charge in [-0.3, -0.25) is 10.1 Å². The maximum atomic E-state index is 11.1. The fraction of sp³-hybridized carbons (Fsp3) is 0.600. The fourth-order valence-electron chi connectivity index (χ4n) is 3.10. The van der Waals surface area contributed by atoms with Gasteiger partial charge >= 0.3 is 0 Å².